The first-order chi connectivity index (χ1) is 8.45. The summed E-state index contributed by atoms with van der Waals surface area (Å²) in [6.45, 7) is 4.02. The quantitative estimate of drug-likeness (QED) is 0.811. The summed E-state index contributed by atoms with van der Waals surface area (Å²) in [5.74, 6) is -0.0157. The normalized spacial score (nSPS) is 12.2. The fraction of sp³-hybridized carbons (Fsp3) is 0.500. The zero-order valence-electron chi connectivity index (χ0n) is 11.2. The first-order valence-electron chi connectivity index (χ1n) is 6.08. The molecule has 0 aliphatic rings. The standard InChI is InChI=1S/C14H21NO3/c1-9-7-11(8-10(2)13(9)18-3)5-4-6-12(15)14(16)17/h7-8,12H,4-6,15H2,1-3H3,(H,16,17). The van der Waals surface area contributed by atoms with Crippen molar-refractivity contribution in [2.45, 2.75) is 39.2 Å². The van der Waals surface area contributed by atoms with Gasteiger partial charge < -0.3 is 15.6 Å². The van der Waals surface area contributed by atoms with Gasteiger partial charge in [-0.15, -0.1) is 0 Å². The van der Waals surface area contributed by atoms with E-state index in [9.17, 15) is 4.79 Å². The Labute approximate surface area is 108 Å². The molecule has 0 heterocycles. The molecular weight excluding hydrogens is 230 g/mol. The summed E-state index contributed by atoms with van der Waals surface area (Å²) in [6.07, 6.45) is 2.12. The van der Waals surface area contributed by atoms with E-state index in [0.717, 1.165) is 29.7 Å². The molecular formula is C14H21NO3. The number of nitrogens with two attached hydrogens (primary N) is 1. The van der Waals surface area contributed by atoms with E-state index in [4.69, 9.17) is 15.6 Å². The minimum atomic E-state index is -0.933. The largest absolute Gasteiger partial charge is 0.496 e. The first-order valence-corrected chi connectivity index (χ1v) is 6.08. The van der Waals surface area contributed by atoms with Crippen molar-refractivity contribution < 1.29 is 14.6 Å². The number of ether oxygens (including phenoxy) is 1. The lowest BCUT2D eigenvalue weighted by Gasteiger charge is -2.12. The number of carbonyl (C=O) groups is 1. The van der Waals surface area contributed by atoms with Crippen molar-refractivity contribution in [3.63, 3.8) is 0 Å². The van der Waals surface area contributed by atoms with Gasteiger partial charge in [0.2, 0.25) is 0 Å². The highest BCUT2D eigenvalue weighted by Gasteiger charge is 2.11. The molecule has 0 aliphatic carbocycles. The van der Waals surface area contributed by atoms with Gasteiger partial charge >= 0.3 is 5.97 Å². The lowest BCUT2D eigenvalue weighted by atomic mass is 10.00. The van der Waals surface area contributed by atoms with Crippen LogP contribution in [0.1, 0.15) is 29.5 Å². The molecule has 1 aromatic rings. The number of carboxylic acid groups (broad SMARTS) is 1. The molecule has 0 saturated heterocycles. The van der Waals surface area contributed by atoms with Crippen LogP contribution >= 0.6 is 0 Å². The molecule has 0 radical (unpaired) electrons. The van der Waals surface area contributed by atoms with Crippen LogP contribution in [0.5, 0.6) is 5.75 Å². The van der Waals surface area contributed by atoms with Gasteiger partial charge in [-0.1, -0.05) is 12.1 Å². The Morgan fingerprint density at radius 2 is 1.94 bits per heavy atom. The lowest BCUT2D eigenvalue weighted by Crippen LogP contribution is -2.29. The highest BCUT2D eigenvalue weighted by molar-refractivity contribution is 5.72. The predicted octanol–water partition coefficient (Wildman–Crippen LogP) is 2.05. The van der Waals surface area contributed by atoms with Crippen LogP contribution in [0.15, 0.2) is 12.1 Å². The second-order valence-electron chi connectivity index (χ2n) is 4.60. The van der Waals surface area contributed by atoms with E-state index in [1.165, 1.54) is 5.56 Å². The third-order valence-corrected chi connectivity index (χ3v) is 3.02. The average molecular weight is 251 g/mol. The molecule has 0 spiro atoms. The average Bonchev–Trinajstić information content (AvgIpc) is 2.28. The van der Waals surface area contributed by atoms with E-state index in [0.29, 0.717) is 6.42 Å². The van der Waals surface area contributed by atoms with Gasteiger partial charge in [0.1, 0.15) is 11.8 Å². The Morgan fingerprint density at radius 3 is 2.39 bits per heavy atom. The van der Waals surface area contributed by atoms with Crippen molar-refractivity contribution in [3.8, 4) is 5.75 Å². The van der Waals surface area contributed by atoms with Gasteiger partial charge in [-0.05, 0) is 49.8 Å². The van der Waals surface area contributed by atoms with Crippen molar-refractivity contribution in [1.82, 2.24) is 0 Å². The number of hydrogen-bond donors (Lipinski definition) is 2. The molecule has 100 valence electrons. The number of aliphatic carboxylic acids is 1. The summed E-state index contributed by atoms with van der Waals surface area (Å²) < 4.78 is 5.31. The summed E-state index contributed by atoms with van der Waals surface area (Å²) in [5.41, 5.74) is 8.88. The van der Waals surface area contributed by atoms with E-state index >= 15 is 0 Å². The van der Waals surface area contributed by atoms with E-state index in [2.05, 4.69) is 12.1 Å². The third-order valence-electron chi connectivity index (χ3n) is 3.02. The van der Waals surface area contributed by atoms with Gasteiger partial charge in [0.15, 0.2) is 0 Å². The van der Waals surface area contributed by atoms with Crippen LogP contribution in [0.3, 0.4) is 0 Å². The molecule has 0 aliphatic heterocycles. The fourth-order valence-electron chi connectivity index (χ4n) is 2.16. The smallest absolute Gasteiger partial charge is 0.320 e. The maximum atomic E-state index is 10.6. The number of aryl methyl sites for hydroxylation is 3. The van der Waals surface area contributed by atoms with E-state index in [1.807, 2.05) is 13.8 Å². The Hall–Kier alpha value is -1.55. The molecule has 1 aromatic carbocycles. The van der Waals surface area contributed by atoms with Crippen LogP contribution < -0.4 is 10.5 Å². The molecule has 3 N–H and O–H groups in total. The number of methoxy groups -OCH3 is 1. The second kappa shape index (κ2) is 6.40. The first kappa shape index (κ1) is 14.5. The van der Waals surface area contributed by atoms with Crippen molar-refractivity contribution in [1.29, 1.82) is 0 Å². The summed E-state index contributed by atoms with van der Waals surface area (Å²) in [4.78, 5) is 10.6. The van der Waals surface area contributed by atoms with Crippen molar-refractivity contribution >= 4 is 5.97 Å². The number of carboxylic acids is 1. The summed E-state index contributed by atoms with van der Waals surface area (Å²) >= 11 is 0. The van der Waals surface area contributed by atoms with Gasteiger partial charge in [0, 0.05) is 0 Å². The molecule has 1 unspecified atom stereocenters. The maximum absolute atomic E-state index is 10.6. The Morgan fingerprint density at radius 1 is 1.39 bits per heavy atom. The molecule has 0 saturated carbocycles. The van der Waals surface area contributed by atoms with Gasteiger partial charge in [-0.3, -0.25) is 4.79 Å². The van der Waals surface area contributed by atoms with Gasteiger partial charge in [-0.2, -0.15) is 0 Å². The number of rotatable bonds is 6. The molecule has 0 amide bonds. The van der Waals surface area contributed by atoms with Gasteiger partial charge in [0.25, 0.3) is 0 Å². The van der Waals surface area contributed by atoms with Crippen LogP contribution in [-0.2, 0) is 11.2 Å². The molecule has 4 nitrogen and oxygen atoms in total. The fourth-order valence-corrected chi connectivity index (χ4v) is 2.16. The Balaban J connectivity index is 2.61. The number of hydrogen-bond acceptors (Lipinski definition) is 3. The third kappa shape index (κ3) is 3.74. The minimum absolute atomic E-state index is 0.499. The Bertz CT molecular complexity index is 406. The molecule has 1 atom stereocenters. The second-order valence-corrected chi connectivity index (χ2v) is 4.60. The molecule has 0 fully saturated rings. The Kier molecular flexibility index (Phi) is 5.16. The van der Waals surface area contributed by atoms with Gasteiger partial charge in [0.05, 0.1) is 7.11 Å². The van der Waals surface area contributed by atoms with E-state index < -0.39 is 12.0 Å². The molecule has 0 aromatic heterocycles. The van der Waals surface area contributed by atoms with Crippen LogP contribution in [0.4, 0.5) is 0 Å². The summed E-state index contributed by atoms with van der Waals surface area (Å²) in [6, 6.07) is 3.40. The molecule has 1 rings (SSSR count). The van der Waals surface area contributed by atoms with Crippen LogP contribution in [0, 0.1) is 13.8 Å². The number of benzene rings is 1. The van der Waals surface area contributed by atoms with Gasteiger partial charge in [-0.25, -0.2) is 0 Å². The topological polar surface area (TPSA) is 72.5 Å². The maximum Gasteiger partial charge on any atom is 0.320 e. The monoisotopic (exact) mass is 251 g/mol. The zero-order valence-corrected chi connectivity index (χ0v) is 11.2. The van der Waals surface area contributed by atoms with Crippen molar-refractivity contribution in [2.24, 2.45) is 5.73 Å². The highest BCUT2D eigenvalue weighted by Crippen LogP contribution is 2.25. The van der Waals surface area contributed by atoms with E-state index in [-0.39, 0.29) is 0 Å². The SMILES string of the molecule is COc1c(C)cc(CCCC(N)C(=O)O)cc1C. The van der Waals surface area contributed by atoms with E-state index in [1.54, 1.807) is 7.11 Å². The molecule has 0 bridgehead atoms. The van der Waals surface area contributed by atoms with Crippen molar-refractivity contribution in [2.75, 3.05) is 7.11 Å². The summed E-state index contributed by atoms with van der Waals surface area (Å²) in [7, 11) is 1.67. The molecule has 4 heteroatoms. The van der Waals surface area contributed by atoms with Crippen LogP contribution in [0.2, 0.25) is 0 Å². The minimum Gasteiger partial charge on any atom is -0.496 e. The lowest BCUT2D eigenvalue weighted by molar-refractivity contribution is -0.138. The van der Waals surface area contributed by atoms with Crippen molar-refractivity contribution in [3.05, 3.63) is 28.8 Å². The summed E-state index contributed by atoms with van der Waals surface area (Å²) in [5, 5.41) is 8.69. The van der Waals surface area contributed by atoms with Crippen LogP contribution in [-0.4, -0.2) is 24.2 Å². The predicted molar refractivity (Wildman–Crippen MR) is 71.0 cm³/mol. The zero-order chi connectivity index (χ0) is 13.7. The highest BCUT2D eigenvalue weighted by atomic mass is 16.5. The molecule has 18 heavy (non-hydrogen) atoms. The van der Waals surface area contributed by atoms with Crippen LogP contribution in [0.25, 0.3) is 0 Å².